The number of rotatable bonds is 2. The molecule has 1 aliphatic rings. The van der Waals surface area contributed by atoms with Crippen LogP contribution in [0.3, 0.4) is 0 Å². The molecule has 1 aliphatic heterocycles. The van der Waals surface area contributed by atoms with Crippen LogP contribution in [0.25, 0.3) is 0 Å². The SMILES string of the molecule is CN(C(=O)N1CCOC(C#N)C1)c1ccccc1C(=O)O. The third-order valence-corrected chi connectivity index (χ3v) is 3.26. The van der Waals surface area contributed by atoms with E-state index in [9.17, 15) is 14.7 Å². The van der Waals surface area contributed by atoms with E-state index in [1.54, 1.807) is 18.2 Å². The second-order valence-electron chi connectivity index (χ2n) is 4.60. The smallest absolute Gasteiger partial charge is 0.337 e. The minimum Gasteiger partial charge on any atom is -0.478 e. The van der Waals surface area contributed by atoms with Crippen molar-refractivity contribution in [2.75, 3.05) is 31.6 Å². The number of ether oxygens (including phenoxy) is 1. The van der Waals surface area contributed by atoms with Crippen molar-refractivity contribution in [1.82, 2.24) is 4.90 Å². The van der Waals surface area contributed by atoms with Crippen LogP contribution in [0.15, 0.2) is 24.3 Å². The first-order valence-electron chi connectivity index (χ1n) is 6.40. The monoisotopic (exact) mass is 289 g/mol. The molecule has 1 N–H and O–H groups in total. The molecule has 21 heavy (non-hydrogen) atoms. The first-order valence-corrected chi connectivity index (χ1v) is 6.40. The van der Waals surface area contributed by atoms with Gasteiger partial charge in [-0.25, -0.2) is 9.59 Å². The zero-order valence-electron chi connectivity index (χ0n) is 11.5. The molecule has 0 saturated carbocycles. The van der Waals surface area contributed by atoms with Crippen LogP contribution in [0.5, 0.6) is 0 Å². The van der Waals surface area contributed by atoms with Crippen LogP contribution in [-0.4, -0.2) is 54.9 Å². The summed E-state index contributed by atoms with van der Waals surface area (Å²) in [4.78, 5) is 26.4. The highest BCUT2D eigenvalue weighted by Crippen LogP contribution is 2.21. The first-order chi connectivity index (χ1) is 10.0. The summed E-state index contributed by atoms with van der Waals surface area (Å²) in [5.74, 6) is -1.10. The van der Waals surface area contributed by atoms with E-state index in [2.05, 4.69) is 0 Å². The molecule has 7 nitrogen and oxygen atoms in total. The lowest BCUT2D eigenvalue weighted by atomic mass is 10.1. The fourth-order valence-electron chi connectivity index (χ4n) is 2.16. The van der Waals surface area contributed by atoms with Crippen LogP contribution in [0.2, 0.25) is 0 Å². The Bertz CT molecular complexity index is 596. The molecule has 1 unspecified atom stereocenters. The summed E-state index contributed by atoms with van der Waals surface area (Å²) < 4.78 is 5.19. The van der Waals surface area contributed by atoms with Crippen LogP contribution in [0.4, 0.5) is 10.5 Å². The predicted octanol–water partition coefficient (Wildman–Crippen LogP) is 1.17. The number of hydrogen-bond acceptors (Lipinski definition) is 4. The Labute approximate surface area is 121 Å². The molecule has 110 valence electrons. The second kappa shape index (κ2) is 6.24. The number of aromatic carboxylic acids is 1. The van der Waals surface area contributed by atoms with Crippen LogP contribution >= 0.6 is 0 Å². The molecule has 0 spiro atoms. The summed E-state index contributed by atoms with van der Waals surface area (Å²) in [7, 11) is 1.51. The van der Waals surface area contributed by atoms with Gasteiger partial charge >= 0.3 is 12.0 Å². The number of nitriles is 1. The molecular weight excluding hydrogens is 274 g/mol. The van der Waals surface area contributed by atoms with Crippen molar-refractivity contribution in [3.05, 3.63) is 29.8 Å². The zero-order valence-corrected chi connectivity index (χ0v) is 11.5. The van der Waals surface area contributed by atoms with Gasteiger partial charge in [0.2, 0.25) is 0 Å². The predicted molar refractivity (Wildman–Crippen MR) is 74.1 cm³/mol. The van der Waals surface area contributed by atoms with Gasteiger partial charge in [-0.15, -0.1) is 0 Å². The van der Waals surface area contributed by atoms with E-state index in [0.717, 1.165) is 0 Å². The standard InChI is InChI=1S/C14H15N3O4/c1-16(12-5-3-2-4-11(12)13(18)19)14(20)17-6-7-21-10(8-15)9-17/h2-5,10H,6-7,9H2,1H3,(H,18,19). The molecule has 2 amide bonds. The Hall–Kier alpha value is -2.59. The summed E-state index contributed by atoms with van der Waals surface area (Å²) in [5, 5.41) is 18.0. The zero-order chi connectivity index (χ0) is 15.4. The van der Waals surface area contributed by atoms with Gasteiger partial charge in [0.25, 0.3) is 0 Å². The fraction of sp³-hybridized carbons (Fsp3) is 0.357. The maximum atomic E-state index is 12.4. The van der Waals surface area contributed by atoms with Crippen molar-refractivity contribution >= 4 is 17.7 Å². The molecule has 2 rings (SSSR count). The Morgan fingerprint density at radius 2 is 2.19 bits per heavy atom. The molecule has 1 heterocycles. The Morgan fingerprint density at radius 1 is 1.48 bits per heavy atom. The lowest BCUT2D eigenvalue weighted by Crippen LogP contribution is -2.50. The van der Waals surface area contributed by atoms with Gasteiger partial charge in [0.05, 0.1) is 30.5 Å². The number of amides is 2. The number of para-hydroxylation sites is 1. The highest BCUT2D eigenvalue weighted by Gasteiger charge is 2.28. The fourth-order valence-corrected chi connectivity index (χ4v) is 2.16. The summed E-state index contributed by atoms with van der Waals surface area (Å²) in [6, 6.07) is 7.90. The average molecular weight is 289 g/mol. The van der Waals surface area contributed by atoms with Crippen LogP contribution < -0.4 is 4.90 Å². The molecule has 7 heteroatoms. The Kier molecular flexibility index (Phi) is 4.40. The van der Waals surface area contributed by atoms with Gasteiger partial charge in [0, 0.05) is 13.6 Å². The van der Waals surface area contributed by atoms with Crippen molar-refractivity contribution in [3.63, 3.8) is 0 Å². The Morgan fingerprint density at radius 3 is 2.86 bits per heavy atom. The van der Waals surface area contributed by atoms with E-state index in [1.807, 2.05) is 6.07 Å². The number of urea groups is 1. The number of morpholine rings is 1. The van der Waals surface area contributed by atoms with Gasteiger partial charge in [-0.1, -0.05) is 12.1 Å². The number of carboxylic acids is 1. The van der Waals surface area contributed by atoms with Gasteiger partial charge in [0.1, 0.15) is 0 Å². The Balaban J connectivity index is 2.20. The van der Waals surface area contributed by atoms with Crippen molar-refractivity contribution in [2.24, 2.45) is 0 Å². The molecule has 1 aromatic rings. The quantitative estimate of drug-likeness (QED) is 0.881. The van der Waals surface area contributed by atoms with Crippen molar-refractivity contribution in [1.29, 1.82) is 5.26 Å². The minimum absolute atomic E-state index is 0.0541. The van der Waals surface area contributed by atoms with Crippen LogP contribution in [0.1, 0.15) is 10.4 Å². The maximum Gasteiger partial charge on any atom is 0.337 e. The van der Waals surface area contributed by atoms with Crippen LogP contribution in [0, 0.1) is 11.3 Å². The van der Waals surface area contributed by atoms with E-state index in [1.165, 1.54) is 22.9 Å². The summed E-state index contributed by atoms with van der Waals surface area (Å²) in [6.45, 7) is 0.837. The van der Waals surface area contributed by atoms with Crippen molar-refractivity contribution in [3.8, 4) is 6.07 Å². The highest BCUT2D eigenvalue weighted by molar-refractivity contribution is 6.01. The van der Waals surface area contributed by atoms with E-state index in [4.69, 9.17) is 10.00 Å². The third kappa shape index (κ3) is 3.12. The van der Waals surface area contributed by atoms with E-state index in [-0.39, 0.29) is 18.1 Å². The second-order valence-corrected chi connectivity index (χ2v) is 4.60. The number of anilines is 1. The number of benzene rings is 1. The van der Waals surface area contributed by atoms with Gasteiger partial charge in [-0.3, -0.25) is 4.90 Å². The van der Waals surface area contributed by atoms with Gasteiger partial charge in [0.15, 0.2) is 6.10 Å². The summed E-state index contributed by atoms with van der Waals surface area (Å²) >= 11 is 0. The molecule has 0 aliphatic carbocycles. The molecule has 1 aromatic carbocycles. The van der Waals surface area contributed by atoms with Gasteiger partial charge < -0.3 is 14.7 Å². The number of nitrogens with zero attached hydrogens (tertiary/aromatic N) is 3. The maximum absolute atomic E-state index is 12.4. The number of carbonyl (C=O) groups is 2. The van der Waals surface area contributed by atoms with E-state index in [0.29, 0.717) is 18.8 Å². The topological polar surface area (TPSA) is 93.9 Å². The average Bonchev–Trinajstić information content (AvgIpc) is 2.53. The first kappa shape index (κ1) is 14.8. The van der Waals surface area contributed by atoms with Crippen molar-refractivity contribution < 1.29 is 19.4 Å². The van der Waals surface area contributed by atoms with E-state index >= 15 is 0 Å². The molecule has 0 aromatic heterocycles. The van der Waals surface area contributed by atoms with Gasteiger partial charge in [-0.2, -0.15) is 5.26 Å². The number of hydrogen-bond donors (Lipinski definition) is 1. The summed E-state index contributed by atoms with van der Waals surface area (Å²) in [5.41, 5.74) is 0.369. The number of carboxylic acid groups (broad SMARTS) is 1. The molecule has 1 fully saturated rings. The highest BCUT2D eigenvalue weighted by atomic mass is 16.5. The third-order valence-electron chi connectivity index (χ3n) is 3.26. The van der Waals surface area contributed by atoms with Crippen molar-refractivity contribution in [2.45, 2.75) is 6.10 Å². The van der Waals surface area contributed by atoms with E-state index < -0.39 is 12.1 Å². The van der Waals surface area contributed by atoms with Crippen LogP contribution in [-0.2, 0) is 4.74 Å². The summed E-state index contributed by atoms with van der Waals surface area (Å²) in [6.07, 6.45) is -0.647. The molecule has 1 atom stereocenters. The molecular formula is C14H15N3O4. The molecule has 0 bridgehead atoms. The number of carbonyl (C=O) groups excluding carboxylic acids is 1. The lowest BCUT2D eigenvalue weighted by Gasteiger charge is -2.33. The largest absolute Gasteiger partial charge is 0.478 e. The molecule has 0 radical (unpaired) electrons. The lowest BCUT2D eigenvalue weighted by molar-refractivity contribution is 0.0171. The molecule has 1 saturated heterocycles. The normalized spacial score (nSPS) is 17.9. The van der Waals surface area contributed by atoms with Gasteiger partial charge in [-0.05, 0) is 12.1 Å². The minimum atomic E-state index is -1.10.